The Morgan fingerprint density at radius 3 is 2.59 bits per heavy atom. The molecule has 0 spiro atoms. The van der Waals surface area contributed by atoms with Crippen molar-refractivity contribution < 1.29 is 14.1 Å². The lowest BCUT2D eigenvalue weighted by Crippen LogP contribution is -2.16. The Morgan fingerprint density at radius 1 is 1.09 bits per heavy atom. The Morgan fingerprint density at radius 2 is 1.84 bits per heavy atom. The number of rotatable bonds is 7. The van der Waals surface area contributed by atoms with E-state index in [1.54, 1.807) is 23.9 Å². The van der Waals surface area contributed by atoms with Crippen LogP contribution in [0.15, 0.2) is 59.3 Å². The predicted molar refractivity (Wildman–Crippen MR) is 122 cm³/mol. The van der Waals surface area contributed by atoms with Crippen molar-refractivity contribution in [2.45, 2.75) is 27.0 Å². The lowest BCUT2D eigenvalue weighted by atomic mass is 10.2. The molecule has 32 heavy (non-hydrogen) atoms. The van der Waals surface area contributed by atoms with Crippen molar-refractivity contribution in [1.82, 2.24) is 14.9 Å². The number of nitrogens with zero attached hydrogens (tertiary/aromatic N) is 3. The highest BCUT2D eigenvalue weighted by Gasteiger charge is 2.22. The van der Waals surface area contributed by atoms with Gasteiger partial charge in [0.05, 0.1) is 12.1 Å². The molecule has 0 saturated heterocycles. The van der Waals surface area contributed by atoms with Crippen LogP contribution in [0.25, 0.3) is 0 Å². The van der Waals surface area contributed by atoms with Crippen LogP contribution in [0, 0.1) is 13.8 Å². The molecular weight excluding hydrogens is 451 g/mol. The molecule has 0 bridgehead atoms. The van der Waals surface area contributed by atoms with Gasteiger partial charge >= 0.3 is 0 Å². The van der Waals surface area contributed by atoms with Crippen molar-refractivity contribution in [3.8, 4) is 5.75 Å². The summed E-state index contributed by atoms with van der Waals surface area (Å²) in [4.78, 5) is 12.9. The van der Waals surface area contributed by atoms with Crippen LogP contribution in [-0.2, 0) is 13.2 Å². The molecular formula is C23H20Cl2N4O3. The Bertz CT molecular complexity index is 1250. The van der Waals surface area contributed by atoms with Crippen LogP contribution in [0.2, 0.25) is 10.0 Å². The average molecular weight is 471 g/mol. The first-order chi connectivity index (χ1) is 15.4. The van der Waals surface area contributed by atoms with Gasteiger partial charge in [-0.05, 0) is 37.6 Å². The second-order valence-corrected chi connectivity index (χ2v) is 8.05. The molecule has 2 heterocycles. The molecule has 0 radical (unpaired) electrons. The van der Waals surface area contributed by atoms with E-state index in [2.05, 4.69) is 15.6 Å². The van der Waals surface area contributed by atoms with E-state index < -0.39 is 5.91 Å². The van der Waals surface area contributed by atoms with E-state index in [-0.39, 0.29) is 18.1 Å². The highest BCUT2D eigenvalue weighted by atomic mass is 35.5. The second-order valence-electron chi connectivity index (χ2n) is 7.24. The SMILES string of the molecule is Cc1ccc(OCc2c(C(=O)Nc3nn(Cc4ccccc4Cl)cc3Cl)noc2C)cc1. The zero-order valence-electron chi connectivity index (χ0n) is 17.4. The van der Waals surface area contributed by atoms with Crippen LogP contribution < -0.4 is 10.1 Å². The molecule has 0 saturated carbocycles. The molecule has 164 valence electrons. The minimum Gasteiger partial charge on any atom is -0.489 e. The summed E-state index contributed by atoms with van der Waals surface area (Å²) in [7, 11) is 0. The van der Waals surface area contributed by atoms with Gasteiger partial charge in [0, 0.05) is 11.2 Å². The van der Waals surface area contributed by atoms with Crippen LogP contribution in [0.4, 0.5) is 5.82 Å². The maximum Gasteiger partial charge on any atom is 0.279 e. The number of anilines is 1. The number of nitrogens with one attached hydrogen (secondary N) is 1. The van der Waals surface area contributed by atoms with E-state index in [1.807, 2.05) is 49.4 Å². The van der Waals surface area contributed by atoms with Gasteiger partial charge in [0.2, 0.25) is 0 Å². The molecule has 0 aliphatic rings. The minimum absolute atomic E-state index is 0.117. The number of carbonyl (C=O) groups excluding carboxylic acids is 1. The van der Waals surface area contributed by atoms with Gasteiger partial charge in [-0.15, -0.1) is 0 Å². The fourth-order valence-electron chi connectivity index (χ4n) is 3.06. The van der Waals surface area contributed by atoms with Gasteiger partial charge in [-0.2, -0.15) is 5.10 Å². The minimum atomic E-state index is -0.491. The molecule has 0 aliphatic heterocycles. The largest absolute Gasteiger partial charge is 0.489 e. The van der Waals surface area contributed by atoms with E-state index >= 15 is 0 Å². The Balaban J connectivity index is 1.47. The van der Waals surface area contributed by atoms with Gasteiger partial charge in [-0.25, -0.2) is 0 Å². The molecule has 2 aromatic carbocycles. The first-order valence-electron chi connectivity index (χ1n) is 9.83. The standard InChI is InChI=1S/C23H20Cl2N4O3/c1-14-7-9-17(10-8-14)31-13-18-15(2)32-28-21(18)23(30)26-22-20(25)12-29(27-22)11-16-5-3-4-6-19(16)24/h3-10,12H,11,13H2,1-2H3,(H,26,27,30). The van der Waals surface area contributed by atoms with Gasteiger partial charge in [0.15, 0.2) is 11.5 Å². The van der Waals surface area contributed by atoms with Gasteiger partial charge in [0.25, 0.3) is 5.91 Å². The molecule has 9 heteroatoms. The van der Waals surface area contributed by atoms with Crippen molar-refractivity contribution in [3.05, 3.63) is 92.9 Å². The summed E-state index contributed by atoms with van der Waals surface area (Å²) in [6.45, 7) is 4.27. The third-order valence-electron chi connectivity index (χ3n) is 4.84. The smallest absolute Gasteiger partial charge is 0.279 e. The Kier molecular flexibility index (Phi) is 6.48. The van der Waals surface area contributed by atoms with Crippen LogP contribution in [0.3, 0.4) is 0 Å². The van der Waals surface area contributed by atoms with Crippen molar-refractivity contribution in [2.75, 3.05) is 5.32 Å². The van der Waals surface area contributed by atoms with Crippen molar-refractivity contribution >= 4 is 34.9 Å². The van der Waals surface area contributed by atoms with Gasteiger partial charge in [0.1, 0.15) is 23.1 Å². The molecule has 7 nitrogen and oxygen atoms in total. The number of halogens is 2. The maximum absolute atomic E-state index is 12.9. The summed E-state index contributed by atoms with van der Waals surface area (Å²) in [5.74, 6) is 0.908. The molecule has 4 rings (SSSR count). The van der Waals surface area contributed by atoms with Crippen molar-refractivity contribution in [3.63, 3.8) is 0 Å². The summed E-state index contributed by atoms with van der Waals surface area (Å²) in [5, 5.41) is 11.9. The molecule has 1 amide bonds. The molecule has 2 aromatic heterocycles. The van der Waals surface area contributed by atoms with Crippen LogP contribution in [0.1, 0.15) is 32.9 Å². The lowest BCUT2D eigenvalue weighted by molar-refractivity contribution is 0.101. The summed E-state index contributed by atoms with van der Waals surface area (Å²) >= 11 is 12.5. The first kappa shape index (κ1) is 21.9. The lowest BCUT2D eigenvalue weighted by Gasteiger charge is -2.07. The number of carbonyl (C=O) groups is 1. The third kappa shape index (κ3) is 4.95. The summed E-state index contributed by atoms with van der Waals surface area (Å²) < 4.78 is 12.6. The molecule has 0 atom stereocenters. The zero-order chi connectivity index (χ0) is 22.7. The maximum atomic E-state index is 12.9. The third-order valence-corrected chi connectivity index (χ3v) is 5.49. The number of benzene rings is 2. The quantitative estimate of drug-likeness (QED) is 0.375. The van der Waals surface area contributed by atoms with E-state index in [0.29, 0.717) is 33.7 Å². The summed E-state index contributed by atoms with van der Waals surface area (Å²) in [5.41, 5.74) is 2.68. The summed E-state index contributed by atoms with van der Waals surface area (Å²) in [6.07, 6.45) is 1.62. The monoisotopic (exact) mass is 470 g/mol. The molecule has 0 unspecified atom stereocenters. The Labute approximate surface area is 194 Å². The van der Waals surface area contributed by atoms with Crippen molar-refractivity contribution in [2.24, 2.45) is 0 Å². The van der Waals surface area contributed by atoms with Gasteiger partial charge < -0.3 is 14.6 Å². The van der Waals surface area contributed by atoms with Crippen molar-refractivity contribution in [1.29, 1.82) is 0 Å². The molecule has 0 fully saturated rings. The van der Waals surface area contributed by atoms with Gasteiger partial charge in [-0.1, -0.05) is 64.3 Å². The zero-order valence-corrected chi connectivity index (χ0v) is 18.9. The highest BCUT2D eigenvalue weighted by molar-refractivity contribution is 6.33. The van der Waals surface area contributed by atoms with Crippen LogP contribution in [-0.4, -0.2) is 20.8 Å². The van der Waals surface area contributed by atoms with Crippen LogP contribution in [0.5, 0.6) is 5.75 Å². The normalized spacial score (nSPS) is 10.9. The van der Waals surface area contributed by atoms with E-state index in [1.165, 1.54) is 0 Å². The Hall–Kier alpha value is -3.29. The van der Waals surface area contributed by atoms with E-state index in [9.17, 15) is 4.79 Å². The predicted octanol–water partition coefficient (Wildman–Crippen LogP) is 5.67. The average Bonchev–Trinajstić information content (AvgIpc) is 3.31. The fraction of sp³-hybridized carbons (Fsp3) is 0.174. The van der Waals surface area contributed by atoms with E-state index in [0.717, 1.165) is 11.1 Å². The molecule has 1 N–H and O–H groups in total. The molecule has 4 aromatic rings. The number of hydrogen-bond acceptors (Lipinski definition) is 5. The molecule has 0 aliphatic carbocycles. The first-order valence-corrected chi connectivity index (χ1v) is 10.6. The topological polar surface area (TPSA) is 82.2 Å². The summed E-state index contributed by atoms with van der Waals surface area (Å²) in [6, 6.07) is 15.1. The van der Waals surface area contributed by atoms with E-state index in [4.69, 9.17) is 32.5 Å². The number of ether oxygens (including phenoxy) is 1. The number of hydrogen-bond donors (Lipinski definition) is 1. The van der Waals surface area contributed by atoms with Gasteiger partial charge in [-0.3, -0.25) is 9.48 Å². The number of aryl methyl sites for hydroxylation is 2. The number of aromatic nitrogens is 3. The second kappa shape index (κ2) is 9.46. The number of amides is 1. The highest BCUT2D eigenvalue weighted by Crippen LogP contribution is 2.24. The van der Waals surface area contributed by atoms with Crippen LogP contribution >= 0.6 is 23.2 Å². The fourth-order valence-corrected chi connectivity index (χ4v) is 3.45.